The minimum atomic E-state index is 0. The van der Waals surface area contributed by atoms with Crippen LogP contribution in [0.25, 0.3) is 17.7 Å². The molecule has 0 bridgehead atoms. The van der Waals surface area contributed by atoms with Gasteiger partial charge < -0.3 is 29.9 Å². The molecule has 0 saturated heterocycles. The Morgan fingerprint density at radius 3 is 2.59 bits per heavy atom. The first kappa shape index (κ1) is 24.1. The van der Waals surface area contributed by atoms with Gasteiger partial charge in [0.25, 0.3) is 0 Å². The minimum absolute atomic E-state index is 0. The Labute approximate surface area is 191 Å². The fourth-order valence-electron chi connectivity index (χ4n) is 3.74. The molecule has 0 atom stereocenters. The van der Waals surface area contributed by atoms with E-state index >= 15 is 0 Å². The monoisotopic (exact) mass is 473 g/mol. The van der Waals surface area contributed by atoms with Crippen LogP contribution in [0.2, 0.25) is 0 Å². The maximum absolute atomic E-state index is 9.06. The molecule has 2 aliphatic carbocycles. The fourth-order valence-corrected chi connectivity index (χ4v) is 3.74. The van der Waals surface area contributed by atoms with Crippen molar-refractivity contribution in [3.63, 3.8) is 0 Å². The molecule has 0 saturated carbocycles. The van der Waals surface area contributed by atoms with Gasteiger partial charge in [-0.25, -0.2) is 0 Å². The summed E-state index contributed by atoms with van der Waals surface area (Å²) in [4.78, 5) is 0. The fraction of sp³-hybridized carbons (Fsp3) is 0.217. The second-order valence-corrected chi connectivity index (χ2v) is 6.39. The molecule has 2 aromatic rings. The van der Waals surface area contributed by atoms with Crippen molar-refractivity contribution in [2.24, 2.45) is 0 Å². The van der Waals surface area contributed by atoms with Crippen LogP contribution in [0.15, 0.2) is 54.1 Å². The van der Waals surface area contributed by atoms with E-state index in [-0.39, 0.29) is 57.6 Å². The molecular formula is C23H21Cl2OZr. The Morgan fingerprint density at radius 1 is 1.07 bits per heavy atom. The first-order valence-electron chi connectivity index (χ1n) is 8.65. The Kier molecular flexibility index (Phi) is 9.45. The number of fused-ring (bicyclic) bond motifs is 2. The van der Waals surface area contributed by atoms with E-state index < -0.39 is 0 Å². The van der Waals surface area contributed by atoms with Gasteiger partial charge in [-0.15, -0.1) is 33.4 Å². The van der Waals surface area contributed by atoms with Crippen LogP contribution in [0.4, 0.5) is 0 Å². The van der Waals surface area contributed by atoms with Gasteiger partial charge in [-0.3, -0.25) is 0 Å². The predicted octanol–water partition coefficient (Wildman–Crippen LogP) is -2.72. The molecule has 137 valence electrons. The number of benzene rings is 2. The van der Waals surface area contributed by atoms with Crippen molar-refractivity contribution in [2.45, 2.75) is 26.2 Å². The third kappa shape index (κ3) is 4.57. The van der Waals surface area contributed by atoms with Gasteiger partial charge in [-0.05, 0) is 26.2 Å². The van der Waals surface area contributed by atoms with E-state index in [4.69, 9.17) is 5.11 Å². The molecule has 1 N–H and O–H groups in total. The van der Waals surface area contributed by atoms with Crippen LogP contribution in [-0.2, 0) is 26.2 Å². The average molecular weight is 476 g/mol. The maximum Gasteiger partial charge on any atom is 3.00 e. The van der Waals surface area contributed by atoms with E-state index in [1.807, 2.05) is 0 Å². The largest absolute Gasteiger partial charge is 3.00 e. The summed E-state index contributed by atoms with van der Waals surface area (Å²) in [6, 6.07) is 12.9. The van der Waals surface area contributed by atoms with Gasteiger partial charge >= 0.3 is 26.2 Å². The summed E-state index contributed by atoms with van der Waals surface area (Å²) >= 11 is 0. The van der Waals surface area contributed by atoms with E-state index in [1.54, 1.807) is 0 Å². The van der Waals surface area contributed by atoms with Gasteiger partial charge in [0.05, 0.1) is 0 Å². The van der Waals surface area contributed by atoms with Crippen molar-refractivity contribution in [3.8, 4) is 0 Å². The quantitative estimate of drug-likeness (QED) is 0.407. The van der Waals surface area contributed by atoms with Crippen LogP contribution < -0.4 is 35.3 Å². The first-order valence-corrected chi connectivity index (χ1v) is 8.65. The van der Waals surface area contributed by atoms with E-state index in [9.17, 15) is 0 Å². The van der Waals surface area contributed by atoms with Gasteiger partial charge in [0, 0.05) is 6.61 Å². The van der Waals surface area contributed by atoms with E-state index in [1.165, 1.54) is 43.1 Å². The molecule has 0 unspecified atom stereocenters. The smallest absolute Gasteiger partial charge is 1.00 e. The third-order valence-corrected chi connectivity index (χ3v) is 4.91. The summed E-state index contributed by atoms with van der Waals surface area (Å²) in [6.07, 6.45) is 13.2. The zero-order valence-corrected chi connectivity index (χ0v) is 19.2. The molecule has 4 rings (SSSR count). The average Bonchev–Trinajstić information content (AvgIpc) is 3.23. The molecule has 27 heavy (non-hydrogen) atoms. The third-order valence-electron chi connectivity index (χ3n) is 4.91. The summed E-state index contributed by atoms with van der Waals surface area (Å²) in [7, 11) is 0. The van der Waals surface area contributed by atoms with E-state index in [0.29, 0.717) is 0 Å². The Hall–Kier alpha value is -0.917. The van der Waals surface area contributed by atoms with Crippen LogP contribution >= 0.6 is 0 Å². The zero-order valence-electron chi connectivity index (χ0n) is 15.2. The second kappa shape index (κ2) is 10.6. The molecule has 1 nitrogen and oxygen atoms in total. The summed E-state index contributed by atoms with van der Waals surface area (Å²) in [5, 5.41) is 14.1. The number of aliphatic hydroxyl groups is 1. The van der Waals surface area contributed by atoms with Crippen LogP contribution in [-0.4, -0.2) is 11.7 Å². The number of halogens is 2. The van der Waals surface area contributed by atoms with Crippen molar-refractivity contribution >= 4 is 17.7 Å². The molecule has 2 aliphatic rings. The number of hydrogen-bond acceptors (Lipinski definition) is 1. The molecule has 0 aliphatic heterocycles. The topological polar surface area (TPSA) is 20.2 Å². The standard InChI is InChI=1S/C23H21O.2ClH.Zr/c1-2-17-11-12-21-20-8-4-3-7-18(20)15-22(21)23(17)19-10-9-16(14-19)6-5-13-24;;;/h2-4,7-9,11-12,14,24H,5-6,10,13H2,1H3;2*1H;/q-1;;;+3/p-2. The molecule has 1 radical (unpaired) electrons. The predicted molar refractivity (Wildman–Crippen MR) is 99.5 cm³/mol. The zero-order chi connectivity index (χ0) is 16.5. The normalized spacial score (nSPS) is 13.9. The minimum Gasteiger partial charge on any atom is -1.00 e. The maximum atomic E-state index is 9.06. The first-order chi connectivity index (χ1) is 11.8. The van der Waals surface area contributed by atoms with Gasteiger partial charge in [0.1, 0.15) is 0 Å². The van der Waals surface area contributed by atoms with Crippen molar-refractivity contribution in [1.82, 2.24) is 0 Å². The van der Waals surface area contributed by atoms with E-state index in [0.717, 1.165) is 19.3 Å². The van der Waals surface area contributed by atoms with Crippen molar-refractivity contribution in [3.05, 3.63) is 86.1 Å². The van der Waals surface area contributed by atoms with Gasteiger partial charge in [0.15, 0.2) is 0 Å². The number of rotatable bonds is 4. The Balaban J connectivity index is 0.00000121. The number of hydrogen-bond donors (Lipinski definition) is 1. The van der Waals surface area contributed by atoms with Crippen LogP contribution in [0.1, 0.15) is 37.3 Å². The number of allylic oxidation sites excluding steroid dienone is 4. The molecule has 2 aromatic carbocycles. The van der Waals surface area contributed by atoms with Crippen LogP contribution in [0.5, 0.6) is 0 Å². The van der Waals surface area contributed by atoms with Crippen molar-refractivity contribution in [1.29, 1.82) is 0 Å². The SMILES string of the molecule is CC=c1ccc2c(c1C1=CC(CCCO)=CC1)[C-]=c1ccccc1=2.[Cl-].[Cl-].[Zr+3]. The van der Waals surface area contributed by atoms with E-state index in [2.05, 4.69) is 67.6 Å². The summed E-state index contributed by atoms with van der Waals surface area (Å²) in [5.74, 6) is 0. The van der Waals surface area contributed by atoms with Crippen LogP contribution in [0.3, 0.4) is 0 Å². The van der Waals surface area contributed by atoms with Crippen molar-refractivity contribution < 1.29 is 56.1 Å². The molecule has 0 heterocycles. The molecule has 0 aromatic heterocycles. The molecule has 0 spiro atoms. The Bertz CT molecular complexity index is 1080. The summed E-state index contributed by atoms with van der Waals surface area (Å²) in [6.45, 7) is 2.36. The van der Waals surface area contributed by atoms with Gasteiger partial charge in [-0.1, -0.05) is 70.5 Å². The summed E-state index contributed by atoms with van der Waals surface area (Å²) in [5.41, 5.74) is 5.26. The summed E-state index contributed by atoms with van der Waals surface area (Å²) < 4.78 is 0. The van der Waals surface area contributed by atoms with Crippen molar-refractivity contribution in [2.75, 3.05) is 6.61 Å². The molecular weight excluding hydrogens is 454 g/mol. The molecule has 0 fully saturated rings. The second-order valence-electron chi connectivity index (χ2n) is 6.39. The van der Waals surface area contributed by atoms with Gasteiger partial charge in [-0.2, -0.15) is 0 Å². The number of aliphatic hydroxyl groups excluding tert-OH is 1. The van der Waals surface area contributed by atoms with Crippen LogP contribution in [0, 0.1) is 10.4 Å². The Morgan fingerprint density at radius 2 is 1.85 bits per heavy atom. The van der Waals surface area contributed by atoms with Gasteiger partial charge in [0.2, 0.25) is 0 Å². The molecule has 4 heteroatoms. The molecule has 0 amide bonds.